The number of aliphatic carboxylic acids is 1. The van der Waals surface area contributed by atoms with Crippen molar-refractivity contribution in [2.75, 3.05) is 0 Å². The predicted molar refractivity (Wildman–Crippen MR) is 134 cm³/mol. The summed E-state index contributed by atoms with van der Waals surface area (Å²) in [4.78, 5) is 29.9. The molecule has 33 heavy (non-hydrogen) atoms. The van der Waals surface area contributed by atoms with Crippen LogP contribution in [-0.4, -0.2) is 31.5 Å². The fraction of sp³-hybridized carbons (Fsp3) is 0.280. The maximum absolute atomic E-state index is 13.4. The van der Waals surface area contributed by atoms with Gasteiger partial charge in [-0.3, -0.25) is 4.79 Å². The van der Waals surface area contributed by atoms with Gasteiger partial charge in [-0.2, -0.15) is 9.78 Å². The van der Waals surface area contributed by atoms with Crippen LogP contribution >= 0.6 is 15.9 Å². The fourth-order valence-corrected chi connectivity index (χ4v) is 4.44. The highest BCUT2D eigenvalue weighted by Crippen LogP contribution is 2.28. The third kappa shape index (κ3) is 3.99. The number of benzene rings is 2. The van der Waals surface area contributed by atoms with Crippen molar-refractivity contribution in [2.24, 2.45) is 5.10 Å². The van der Waals surface area contributed by atoms with E-state index in [2.05, 4.69) is 21.0 Å². The standard InChI is InChI=1S/C25H25BrN4O3/c1-5-14(2)23-28-21-11-10-17(26)12-19(21)24(31)30(23)27-13-20-15(3)29(16(4)25(32)33)22-9-7-6-8-18(20)22/h6-14,16H,5H2,1-4H3,(H,32,33)/t14-,16-/m0/s1. The van der Waals surface area contributed by atoms with Crippen molar-refractivity contribution in [1.29, 1.82) is 0 Å². The summed E-state index contributed by atoms with van der Waals surface area (Å²) in [5.74, 6) is -0.298. The molecule has 0 aliphatic rings. The lowest BCUT2D eigenvalue weighted by molar-refractivity contribution is -0.140. The van der Waals surface area contributed by atoms with Gasteiger partial charge in [0.25, 0.3) is 5.56 Å². The van der Waals surface area contributed by atoms with E-state index in [1.54, 1.807) is 23.8 Å². The third-order valence-electron chi connectivity index (χ3n) is 6.14. The van der Waals surface area contributed by atoms with Gasteiger partial charge in [-0.25, -0.2) is 9.78 Å². The molecule has 0 saturated carbocycles. The smallest absolute Gasteiger partial charge is 0.326 e. The number of carboxylic acid groups (broad SMARTS) is 1. The van der Waals surface area contributed by atoms with Crippen LogP contribution in [0.5, 0.6) is 0 Å². The van der Waals surface area contributed by atoms with Crippen molar-refractivity contribution in [3.63, 3.8) is 0 Å². The Labute approximate surface area is 199 Å². The first-order chi connectivity index (χ1) is 15.7. The topological polar surface area (TPSA) is 89.5 Å². The molecule has 0 saturated heterocycles. The van der Waals surface area contributed by atoms with Gasteiger partial charge in [0.1, 0.15) is 11.9 Å². The summed E-state index contributed by atoms with van der Waals surface area (Å²) in [7, 11) is 0. The largest absolute Gasteiger partial charge is 0.480 e. The van der Waals surface area contributed by atoms with E-state index in [1.165, 1.54) is 4.68 Å². The maximum Gasteiger partial charge on any atom is 0.326 e. The highest BCUT2D eigenvalue weighted by atomic mass is 79.9. The summed E-state index contributed by atoms with van der Waals surface area (Å²) >= 11 is 3.43. The second-order valence-electron chi connectivity index (χ2n) is 8.20. The molecule has 0 fully saturated rings. The molecule has 4 aromatic rings. The second-order valence-corrected chi connectivity index (χ2v) is 9.12. The Balaban J connectivity index is 1.96. The van der Waals surface area contributed by atoms with Gasteiger partial charge >= 0.3 is 5.97 Å². The summed E-state index contributed by atoms with van der Waals surface area (Å²) in [5.41, 5.74) is 2.74. The Morgan fingerprint density at radius 1 is 1.21 bits per heavy atom. The van der Waals surface area contributed by atoms with Gasteiger partial charge in [-0.1, -0.05) is 48.0 Å². The number of halogens is 1. The number of nitrogens with zero attached hydrogens (tertiary/aromatic N) is 4. The molecule has 0 amide bonds. The van der Waals surface area contributed by atoms with Crippen LogP contribution in [0.1, 0.15) is 56.2 Å². The van der Waals surface area contributed by atoms with E-state index in [0.29, 0.717) is 16.7 Å². The highest BCUT2D eigenvalue weighted by molar-refractivity contribution is 9.10. The number of aromatic nitrogens is 3. The van der Waals surface area contributed by atoms with Crippen LogP contribution in [-0.2, 0) is 4.79 Å². The number of hydrogen-bond donors (Lipinski definition) is 1. The maximum atomic E-state index is 13.4. The molecule has 2 heterocycles. The van der Waals surface area contributed by atoms with Crippen LogP contribution in [0.2, 0.25) is 0 Å². The van der Waals surface area contributed by atoms with E-state index in [1.807, 2.05) is 57.2 Å². The van der Waals surface area contributed by atoms with Gasteiger partial charge in [-0.15, -0.1) is 0 Å². The number of rotatable bonds is 6. The zero-order chi connectivity index (χ0) is 23.9. The monoisotopic (exact) mass is 508 g/mol. The molecule has 4 rings (SSSR count). The molecule has 2 aromatic heterocycles. The Morgan fingerprint density at radius 3 is 2.64 bits per heavy atom. The third-order valence-corrected chi connectivity index (χ3v) is 6.63. The molecule has 2 atom stereocenters. The molecule has 1 N–H and O–H groups in total. The first-order valence-electron chi connectivity index (χ1n) is 10.8. The summed E-state index contributed by atoms with van der Waals surface area (Å²) in [6.45, 7) is 7.58. The lowest BCUT2D eigenvalue weighted by Crippen LogP contribution is -2.23. The lowest BCUT2D eigenvalue weighted by atomic mass is 10.1. The van der Waals surface area contributed by atoms with E-state index in [9.17, 15) is 14.7 Å². The van der Waals surface area contributed by atoms with Crippen LogP contribution in [0.15, 0.2) is 56.8 Å². The molecule has 7 nitrogen and oxygen atoms in total. The van der Waals surface area contributed by atoms with E-state index in [0.717, 1.165) is 33.1 Å². The molecule has 0 spiro atoms. The van der Waals surface area contributed by atoms with Crippen LogP contribution in [0.4, 0.5) is 0 Å². The molecule has 170 valence electrons. The molecule has 0 aliphatic heterocycles. The molecule has 8 heteroatoms. The van der Waals surface area contributed by atoms with Crippen molar-refractivity contribution in [1.82, 2.24) is 14.2 Å². The molecule has 0 aliphatic carbocycles. The number of carboxylic acids is 1. The van der Waals surface area contributed by atoms with Crippen LogP contribution in [0.25, 0.3) is 21.8 Å². The van der Waals surface area contributed by atoms with Crippen molar-refractivity contribution in [3.05, 3.63) is 74.4 Å². The second kappa shape index (κ2) is 8.94. The van der Waals surface area contributed by atoms with Crippen molar-refractivity contribution >= 4 is 49.9 Å². The van der Waals surface area contributed by atoms with Crippen molar-refractivity contribution in [3.8, 4) is 0 Å². The summed E-state index contributed by atoms with van der Waals surface area (Å²) < 4.78 is 3.95. The minimum Gasteiger partial charge on any atom is -0.480 e. The fourth-order valence-electron chi connectivity index (χ4n) is 4.08. The molecule has 0 bridgehead atoms. The Hall–Kier alpha value is -3.26. The van der Waals surface area contributed by atoms with Gasteiger partial charge in [0.15, 0.2) is 0 Å². The van der Waals surface area contributed by atoms with E-state index < -0.39 is 12.0 Å². The first kappa shape index (κ1) is 22.9. The SMILES string of the molecule is CC[C@H](C)c1nc2ccc(Br)cc2c(=O)n1N=Cc1c(C)n([C@@H](C)C(=O)O)c2ccccc12. The van der Waals surface area contributed by atoms with Gasteiger partial charge in [0.05, 0.1) is 17.1 Å². The average Bonchev–Trinajstić information content (AvgIpc) is 3.08. The molecule has 2 aromatic carbocycles. The molecule has 0 radical (unpaired) electrons. The van der Waals surface area contributed by atoms with Crippen molar-refractivity contribution < 1.29 is 9.90 Å². The number of carbonyl (C=O) groups is 1. The minimum absolute atomic E-state index is 0.0253. The normalized spacial score (nSPS) is 13.7. The highest BCUT2D eigenvalue weighted by Gasteiger charge is 2.21. The zero-order valence-electron chi connectivity index (χ0n) is 18.9. The van der Waals surface area contributed by atoms with Gasteiger partial charge in [-0.05, 0) is 44.5 Å². The lowest BCUT2D eigenvalue weighted by Gasteiger charge is -2.14. The molecular formula is C25H25BrN4O3. The number of hydrogen-bond acceptors (Lipinski definition) is 4. The molecule has 0 unspecified atom stereocenters. The van der Waals surface area contributed by atoms with Gasteiger partial charge in [0, 0.05) is 32.6 Å². The van der Waals surface area contributed by atoms with Crippen molar-refractivity contribution in [2.45, 2.75) is 46.1 Å². The van der Waals surface area contributed by atoms with E-state index in [-0.39, 0.29) is 11.5 Å². The zero-order valence-corrected chi connectivity index (χ0v) is 20.5. The summed E-state index contributed by atoms with van der Waals surface area (Å²) in [6, 6.07) is 12.3. The van der Waals surface area contributed by atoms with Crippen LogP contribution < -0.4 is 5.56 Å². The van der Waals surface area contributed by atoms with Gasteiger partial charge in [0.2, 0.25) is 0 Å². The van der Waals surface area contributed by atoms with E-state index >= 15 is 0 Å². The number of fused-ring (bicyclic) bond motifs is 2. The van der Waals surface area contributed by atoms with Crippen LogP contribution in [0.3, 0.4) is 0 Å². The first-order valence-corrected chi connectivity index (χ1v) is 11.6. The predicted octanol–water partition coefficient (Wildman–Crippen LogP) is 5.46. The Kier molecular flexibility index (Phi) is 6.21. The van der Waals surface area contributed by atoms with E-state index in [4.69, 9.17) is 4.98 Å². The van der Waals surface area contributed by atoms with Crippen LogP contribution in [0, 0.1) is 6.92 Å². The number of para-hydroxylation sites is 1. The van der Waals surface area contributed by atoms with Gasteiger partial charge < -0.3 is 9.67 Å². The Bertz CT molecular complexity index is 1470. The Morgan fingerprint density at radius 2 is 1.94 bits per heavy atom. The minimum atomic E-state index is -0.915. The quantitative estimate of drug-likeness (QED) is 0.350. The summed E-state index contributed by atoms with van der Waals surface area (Å²) in [5, 5.41) is 15.6. The average molecular weight is 509 g/mol. The molecular weight excluding hydrogens is 484 g/mol. The summed E-state index contributed by atoms with van der Waals surface area (Å²) in [6.07, 6.45) is 2.44.